The van der Waals surface area contributed by atoms with Gasteiger partial charge < -0.3 is 23.9 Å². The van der Waals surface area contributed by atoms with Crippen LogP contribution in [0.15, 0.2) is 82.7 Å². The van der Waals surface area contributed by atoms with E-state index in [9.17, 15) is 19.5 Å². The molecular weight excluding hydrogens is 536 g/mol. The fraction of sp³-hybridized carbons (Fsp3) is 0.200. The summed E-state index contributed by atoms with van der Waals surface area (Å²) in [5, 5.41) is 11.9. The first-order valence-electron chi connectivity index (χ1n) is 12.5. The number of ketones is 1. The lowest BCUT2D eigenvalue weighted by Crippen LogP contribution is -2.30. The lowest BCUT2D eigenvalue weighted by atomic mass is 9.96. The second-order valence-corrected chi connectivity index (χ2v) is 9.62. The molecule has 1 aliphatic rings. The number of rotatable bonds is 9. The number of esters is 1. The van der Waals surface area contributed by atoms with Gasteiger partial charge in [0.1, 0.15) is 0 Å². The molecule has 0 spiro atoms. The lowest BCUT2D eigenvalue weighted by Gasteiger charge is -2.26. The van der Waals surface area contributed by atoms with E-state index in [1.165, 1.54) is 24.3 Å². The van der Waals surface area contributed by atoms with Gasteiger partial charge >= 0.3 is 5.97 Å². The molecule has 0 radical (unpaired) electrons. The van der Waals surface area contributed by atoms with Gasteiger partial charge in [0.15, 0.2) is 22.9 Å². The summed E-state index contributed by atoms with van der Waals surface area (Å²) in [4.78, 5) is 44.9. The zero-order chi connectivity index (χ0) is 28.4. The van der Waals surface area contributed by atoms with Crippen LogP contribution in [0.4, 0.5) is 0 Å². The average Bonchev–Trinajstić information content (AvgIpc) is 3.50. The molecule has 0 saturated carbocycles. The van der Waals surface area contributed by atoms with Gasteiger partial charge in [-0.3, -0.25) is 14.6 Å². The molecule has 10 heteroatoms. The van der Waals surface area contributed by atoms with Crippen molar-refractivity contribution in [2.45, 2.75) is 25.9 Å². The minimum absolute atomic E-state index is 0.0487. The van der Waals surface area contributed by atoms with Crippen LogP contribution in [0.1, 0.15) is 51.4 Å². The van der Waals surface area contributed by atoms with Crippen LogP contribution >= 0.6 is 11.6 Å². The maximum absolute atomic E-state index is 13.8. The molecule has 0 saturated heterocycles. The number of ether oxygens (including phenoxy) is 2. The molecule has 1 aliphatic heterocycles. The van der Waals surface area contributed by atoms with Crippen molar-refractivity contribution < 1.29 is 33.4 Å². The number of carbonyl (C=O) groups excluding carboxylic acids is 3. The predicted molar refractivity (Wildman–Crippen MR) is 146 cm³/mol. The second kappa shape index (κ2) is 11.2. The first-order chi connectivity index (χ1) is 19.3. The van der Waals surface area contributed by atoms with E-state index in [2.05, 4.69) is 4.98 Å². The van der Waals surface area contributed by atoms with Crippen LogP contribution in [-0.4, -0.2) is 46.4 Å². The standard InChI is InChI=1S/C30H25ClN2O7/c1-3-11-39-30(37)18-8-6-17(7-9-18)16-33-25(19-5-4-10-32-15-19)24(27(35)29(33)36)26(34)22-13-20-12-21(31)14-23(38-2)28(20)40-22/h4-10,12-15,25,35H,3,11,16H2,1-2H3. The highest BCUT2D eigenvalue weighted by Crippen LogP contribution is 2.41. The maximum Gasteiger partial charge on any atom is 0.338 e. The number of hydrogen-bond acceptors (Lipinski definition) is 8. The SMILES string of the molecule is CCCOC(=O)c1ccc(CN2C(=O)C(O)=C(C(=O)c3cc4cc(Cl)cc(OC)c4o3)C2c2cccnc2)cc1. The number of nitrogens with zero attached hydrogens (tertiary/aromatic N) is 2. The third-order valence-corrected chi connectivity index (χ3v) is 6.74. The molecule has 0 aliphatic carbocycles. The van der Waals surface area contributed by atoms with Crippen molar-refractivity contribution in [1.29, 1.82) is 0 Å². The van der Waals surface area contributed by atoms with Crippen LogP contribution in [0.5, 0.6) is 5.75 Å². The van der Waals surface area contributed by atoms with E-state index in [1.54, 1.807) is 54.7 Å². The van der Waals surface area contributed by atoms with Gasteiger partial charge in [-0.2, -0.15) is 0 Å². The van der Waals surface area contributed by atoms with E-state index in [0.717, 1.165) is 0 Å². The number of methoxy groups -OCH3 is 1. The summed E-state index contributed by atoms with van der Waals surface area (Å²) in [5.74, 6) is -2.24. The zero-order valence-corrected chi connectivity index (χ0v) is 22.5. The van der Waals surface area contributed by atoms with Gasteiger partial charge in [-0.15, -0.1) is 0 Å². The number of amides is 1. The monoisotopic (exact) mass is 560 g/mol. The zero-order valence-electron chi connectivity index (χ0n) is 21.7. The van der Waals surface area contributed by atoms with Crippen LogP contribution < -0.4 is 4.74 Å². The molecule has 0 fully saturated rings. The van der Waals surface area contributed by atoms with E-state index < -0.39 is 29.5 Å². The van der Waals surface area contributed by atoms with Gasteiger partial charge in [0.25, 0.3) is 5.91 Å². The number of carbonyl (C=O) groups is 3. The number of fused-ring (bicyclic) bond motifs is 1. The summed E-state index contributed by atoms with van der Waals surface area (Å²) in [7, 11) is 1.45. The Morgan fingerprint density at radius 1 is 1.15 bits per heavy atom. The minimum atomic E-state index is -0.943. The number of aliphatic hydroxyl groups is 1. The topological polar surface area (TPSA) is 119 Å². The van der Waals surface area contributed by atoms with Gasteiger partial charge in [0.05, 0.1) is 30.9 Å². The number of pyridine rings is 1. The Bertz CT molecular complexity index is 1630. The predicted octanol–water partition coefficient (Wildman–Crippen LogP) is 5.84. The van der Waals surface area contributed by atoms with Gasteiger partial charge in [0, 0.05) is 35.4 Å². The summed E-state index contributed by atoms with van der Waals surface area (Å²) in [6, 6.07) is 13.8. The van der Waals surface area contributed by atoms with Crippen molar-refractivity contribution >= 4 is 40.2 Å². The lowest BCUT2D eigenvalue weighted by molar-refractivity contribution is -0.130. The van der Waals surface area contributed by atoms with Crippen LogP contribution in [-0.2, 0) is 16.1 Å². The van der Waals surface area contributed by atoms with E-state index in [0.29, 0.717) is 51.5 Å². The molecule has 3 heterocycles. The Morgan fingerprint density at radius 2 is 1.93 bits per heavy atom. The van der Waals surface area contributed by atoms with Crippen LogP contribution in [0.25, 0.3) is 11.0 Å². The van der Waals surface area contributed by atoms with E-state index >= 15 is 0 Å². The molecule has 2 aromatic carbocycles. The molecule has 204 valence electrons. The molecule has 4 aromatic rings. The first kappa shape index (κ1) is 27.0. The molecule has 0 bridgehead atoms. The molecular formula is C30H25ClN2O7. The number of benzene rings is 2. The summed E-state index contributed by atoms with van der Waals surface area (Å²) in [6.45, 7) is 2.28. The number of halogens is 1. The third-order valence-electron chi connectivity index (χ3n) is 6.52. The summed E-state index contributed by atoms with van der Waals surface area (Å²) in [6.07, 6.45) is 3.82. The van der Waals surface area contributed by atoms with Gasteiger partial charge in [-0.25, -0.2) is 4.79 Å². The van der Waals surface area contributed by atoms with E-state index in [-0.39, 0.29) is 17.9 Å². The highest BCUT2D eigenvalue weighted by molar-refractivity contribution is 6.31. The molecule has 1 atom stereocenters. The summed E-state index contributed by atoms with van der Waals surface area (Å²) in [5.41, 5.74) is 1.76. The Hall–Kier alpha value is -4.63. The molecule has 1 unspecified atom stereocenters. The van der Waals surface area contributed by atoms with Crippen LogP contribution in [0, 0.1) is 0 Å². The Balaban J connectivity index is 1.50. The van der Waals surface area contributed by atoms with Gasteiger partial charge in [-0.1, -0.05) is 36.7 Å². The number of aromatic nitrogens is 1. The highest BCUT2D eigenvalue weighted by Gasteiger charge is 2.44. The number of hydrogen-bond donors (Lipinski definition) is 1. The second-order valence-electron chi connectivity index (χ2n) is 9.18. The molecule has 1 N–H and O–H groups in total. The Labute approximate surface area is 234 Å². The average molecular weight is 561 g/mol. The highest BCUT2D eigenvalue weighted by atomic mass is 35.5. The smallest absolute Gasteiger partial charge is 0.338 e. The third kappa shape index (κ3) is 5.03. The summed E-state index contributed by atoms with van der Waals surface area (Å²) < 4.78 is 16.3. The molecule has 2 aromatic heterocycles. The number of aliphatic hydroxyl groups excluding tert-OH is 1. The fourth-order valence-electron chi connectivity index (χ4n) is 4.64. The fourth-order valence-corrected chi connectivity index (χ4v) is 4.85. The van der Waals surface area contributed by atoms with Crippen molar-refractivity contribution in [1.82, 2.24) is 9.88 Å². The summed E-state index contributed by atoms with van der Waals surface area (Å²) >= 11 is 6.17. The van der Waals surface area contributed by atoms with Crippen molar-refractivity contribution in [3.8, 4) is 5.75 Å². The van der Waals surface area contributed by atoms with E-state index in [1.807, 2.05) is 6.92 Å². The molecule has 9 nitrogen and oxygen atoms in total. The van der Waals surface area contributed by atoms with Crippen molar-refractivity contribution in [3.63, 3.8) is 0 Å². The van der Waals surface area contributed by atoms with Crippen molar-refractivity contribution in [3.05, 3.63) is 106 Å². The quantitative estimate of drug-likeness (QED) is 0.200. The van der Waals surface area contributed by atoms with E-state index in [4.69, 9.17) is 25.5 Å². The Morgan fingerprint density at radius 3 is 2.60 bits per heavy atom. The largest absolute Gasteiger partial charge is 0.503 e. The Kier molecular flexibility index (Phi) is 7.57. The van der Waals surface area contributed by atoms with Crippen molar-refractivity contribution in [2.75, 3.05) is 13.7 Å². The first-order valence-corrected chi connectivity index (χ1v) is 12.9. The molecule has 40 heavy (non-hydrogen) atoms. The van der Waals surface area contributed by atoms with Crippen LogP contribution in [0.3, 0.4) is 0 Å². The van der Waals surface area contributed by atoms with Crippen LogP contribution in [0.2, 0.25) is 5.02 Å². The van der Waals surface area contributed by atoms with Crippen molar-refractivity contribution in [2.24, 2.45) is 0 Å². The minimum Gasteiger partial charge on any atom is -0.503 e. The normalized spacial score (nSPS) is 15.1. The van der Waals surface area contributed by atoms with Gasteiger partial charge in [-0.05, 0) is 47.9 Å². The molecule has 5 rings (SSSR count). The number of Topliss-reactive ketones (excluding diaryl/α,β-unsaturated/α-hetero) is 1. The van der Waals surface area contributed by atoms with Gasteiger partial charge in [0.2, 0.25) is 5.78 Å². The number of furan rings is 1. The maximum atomic E-state index is 13.8. The molecule has 1 amide bonds.